The lowest BCUT2D eigenvalue weighted by atomic mass is 10.1. The number of carbonyl (C=O) groups excluding carboxylic acids is 1. The Morgan fingerprint density at radius 1 is 1.12 bits per heavy atom. The molecule has 0 aliphatic carbocycles. The van der Waals surface area contributed by atoms with Crippen molar-refractivity contribution in [3.05, 3.63) is 78.2 Å². The predicted octanol–water partition coefficient (Wildman–Crippen LogP) is 2.84. The Kier molecular flexibility index (Phi) is 4.78. The third kappa shape index (κ3) is 3.74. The summed E-state index contributed by atoms with van der Waals surface area (Å²) in [5.41, 5.74) is 4.41. The Morgan fingerprint density at radius 2 is 1.96 bits per heavy atom. The molecule has 120 valence electrons. The van der Waals surface area contributed by atoms with Crippen LogP contribution in [0.2, 0.25) is 0 Å². The van der Waals surface area contributed by atoms with Crippen molar-refractivity contribution in [1.82, 2.24) is 15.4 Å². The number of aromatic nitrogens is 2. The summed E-state index contributed by atoms with van der Waals surface area (Å²) in [6, 6.07) is 14.4. The number of nitrogens with one attached hydrogen (secondary N) is 1. The van der Waals surface area contributed by atoms with Crippen molar-refractivity contribution in [3.63, 3.8) is 0 Å². The summed E-state index contributed by atoms with van der Waals surface area (Å²) in [6.45, 7) is 0.442. The van der Waals surface area contributed by atoms with E-state index >= 15 is 0 Å². The molecule has 0 aliphatic rings. The second-order valence-corrected chi connectivity index (χ2v) is 5.05. The van der Waals surface area contributed by atoms with Crippen molar-refractivity contribution in [3.8, 4) is 17.0 Å². The number of ether oxygens (including phenoxy) is 1. The van der Waals surface area contributed by atoms with Crippen molar-refractivity contribution < 1.29 is 14.7 Å². The molecule has 24 heavy (non-hydrogen) atoms. The standard InChI is InChI=1S/C18H15N3O3/c22-18(21-23)15-7-9-20-17(10-15)14-3-5-16(6-4-14)24-12-13-2-1-8-19-11-13/h1-11,23H,12H2,(H,21,22). The number of hydrogen-bond acceptors (Lipinski definition) is 5. The van der Waals surface area contributed by atoms with Crippen molar-refractivity contribution in [2.24, 2.45) is 0 Å². The first kappa shape index (κ1) is 15.6. The average Bonchev–Trinajstić information content (AvgIpc) is 2.67. The van der Waals surface area contributed by atoms with E-state index in [2.05, 4.69) is 9.97 Å². The van der Waals surface area contributed by atoms with Crippen LogP contribution in [0.1, 0.15) is 15.9 Å². The first-order valence-corrected chi connectivity index (χ1v) is 7.29. The SMILES string of the molecule is O=C(NO)c1ccnc(-c2ccc(OCc3cccnc3)cc2)c1. The Labute approximate surface area is 138 Å². The van der Waals surface area contributed by atoms with Crippen LogP contribution in [0.5, 0.6) is 5.75 Å². The highest BCUT2D eigenvalue weighted by molar-refractivity contribution is 5.94. The van der Waals surface area contributed by atoms with Gasteiger partial charge < -0.3 is 4.74 Å². The topological polar surface area (TPSA) is 84.3 Å². The summed E-state index contributed by atoms with van der Waals surface area (Å²) >= 11 is 0. The van der Waals surface area contributed by atoms with E-state index in [1.54, 1.807) is 23.9 Å². The van der Waals surface area contributed by atoms with Gasteiger partial charge in [-0.1, -0.05) is 6.07 Å². The fourth-order valence-corrected chi connectivity index (χ4v) is 2.17. The van der Waals surface area contributed by atoms with Gasteiger partial charge in [-0.05, 0) is 42.5 Å². The van der Waals surface area contributed by atoms with Gasteiger partial charge in [0, 0.05) is 35.3 Å². The molecule has 0 spiro atoms. The van der Waals surface area contributed by atoms with Gasteiger partial charge in [-0.25, -0.2) is 5.48 Å². The molecule has 0 bridgehead atoms. The summed E-state index contributed by atoms with van der Waals surface area (Å²) in [5.74, 6) is 0.155. The lowest BCUT2D eigenvalue weighted by molar-refractivity contribution is 0.0706. The van der Waals surface area contributed by atoms with Crippen LogP contribution in [0.3, 0.4) is 0 Å². The smallest absolute Gasteiger partial charge is 0.274 e. The van der Waals surface area contributed by atoms with Gasteiger partial charge in [0.1, 0.15) is 12.4 Å². The summed E-state index contributed by atoms with van der Waals surface area (Å²) < 4.78 is 5.70. The minimum Gasteiger partial charge on any atom is -0.489 e. The number of hydrogen-bond donors (Lipinski definition) is 2. The molecule has 0 radical (unpaired) electrons. The monoisotopic (exact) mass is 321 g/mol. The molecule has 0 atom stereocenters. The number of benzene rings is 1. The highest BCUT2D eigenvalue weighted by Crippen LogP contribution is 2.22. The van der Waals surface area contributed by atoms with Crippen LogP contribution in [0.4, 0.5) is 0 Å². The van der Waals surface area contributed by atoms with Gasteiger partial charge in [0.2, 0.25) is 0 Å². The minimum atomic E-state index is -0.574. The Morgan fingerprint density at radius 3 is 2.67 bits per heavy atom. The maximum absolute atomic E-state index is 11.5. The maximum atomic E-state index is 11.5. The van der Waals surface area contributed by atoms with Gasteiger partial charge in [0.15, 0.2) is 0 Å². The minimum absolute atomic E-state index is 0.333. The Balaban J connectivity index is 1.71. The molecule has 0 fully saturated rings. The van der Waals surface area contributed by atoms with Crippen LogP contribution in [-0.2, 0) is 6.61 Å². The van der Waals surface area contributed by atoms with Gasteiger partial charge in [0.25, 0.3) is 5.91 Å². The highest BCUT2D eigenvalue weighted by atomic mass is 16.5. The van der Waals surface area contributed by atoms with E-state index < -0.39 is 5.91 Å². The fraction of sp³-hybridized carbons (Fsp3) is 0.0556. The number of rotatable bonds is 5. The lowest BCUT2D eigenvalue weighted by Gasteiger charge is -2.07. The maximum Gasteiger partial charge on any atom is 0.274 e. The molecule has 2 aromatic heterocycles. The molecule has 1 aromatic carbocycles. The molecule has 2 heterocycles. The molecule has 0 saturated heterocycles. The second kappa shape index (κ2) is 7.34. The predicted molar refractivity (Wildman–Crippen MR) is 87.5 cm³/mol. The van der Waals surface area contributed by atoms with E-state index in [1.165, 1.54) is 12.3 Å². The van der Waals surface area contributed by atoms with E-state index in [-0.39, 0.29) is 0 Å². The summed E-state index contributed by atoms with van der Waals surface area (Å²) in [5, 5.41) is 8.70. The number of hydroxylamine groups is 1. The van der Waals surface area contributed by atoms with Gasteiger partial charge in [0.05, 0.1) is 5.69 Å². The summed E-state index contributed by atoms with van der Waals surface area (Å²) in [6.07, 6.45) is 5.00. The van der Waals surface area contributed by atoms with E-state index in [0.717, 1.165) is 16.9 Å². The van der Waals surface area contributed by atoms with Gasteiger partial charge in [-0.3, -0.25) is 20.0 Å². The van der Waals surface area contributed by atoms with Crippen LogP contribution >= 0.6 is 0 Å². The first-order valence-electron chi connectivity index (χ1n) is 7.29. The largest absolute Gasteiger partial charge is 0.489 e. The molecule has 2 N–H and O–H groups in total. The molecule has 3 aromatic rings. The number of amides is 1. The number of carbonyl (C=O) groups is 1. The van der Waals surface area contributed by atoms with Crippen LogP contribution in [-0.4, -0.2) is 21.1 Å². The Bertz CT molecular complexity index is 820. The van der Waals surface area contributed by atoms with Gasteiger partial charge >= 0.3 is 0 Å². The average molecular weight is 321 g/mol. The summed E-state index contributed by atoms with van der Waals surface area (Å²) in [7, 11) is 0. The van der Waals surface area contributed by atoms with Crippen molar-refractivity contribution >= 4 is 5.91 Å². The van der Waals surface area contributed by atoms with Gasteiger partial charge in [-0.2, -0.15) is 0 Å². The third-order valence-corrected chi connectivity index (χ3v) is 3.40. The van der Waals surface area contributed by atoms with Crippen molar-refractivity contribution in [2.45, 2.75) is 6.61 Å². The van der Waals surface area contributed by atoms with E-state index in [0.29, 0.717) is 17.9 Å². The molecule has 0 unspecified atom stereocenters. The molecular formula is C18H15N3O3. The third-order valence-electron chi connectivity index (χ3n) is 3.40. The quantitative estimate of drug-likeness (QED) is 0.557. The molecule has 6 nitrogen and oxygen atoms in total. The zero-order chi connectivity index (χ0) is 16.8. The molecule has 0 saturated carbocycles. The van der Waals surface area contributed by atoms with E-state index in [4.69, 9.17) is 9.94 Å². The molecule has 3 rings (SSSR count). The fourth-order valence-electron chi connectivity index (χ4n) is 2.17. The second-order valence-electron chi connectivity index (χ2n) is 5.05. The number of nitrogens with zero attached hydrogens (tertiary/aromatic N) is 2. The molecule has 6 heteroatoms. The van der Waals surface area contributed by atoms with Crippen molar-refractivity contribution in [2.75, 3.05) is 0 Å². The molecule has 1 amide bonds. The first-order chi connectivity index (χ1) is 11.8. The van der Waals surface area contributed by atoms with Crippen LogP contribution in [0.15, 0.2) is 67.1 Å². The zero-order valence-electron chi connectivity index (χ0n) is 12.7. The van der Waals surface area contributed by atoms with E-state index in [1.807, 2.05) is 36.4 Å². The van der Waals surface area contributed by atoms with Crippen LogP contribution < -0.4 is 10.2 Å². The number of pyridine rings is 2. The van der Waals surface area contributed by atoms with Gasteiger partial charge in [-0.15, -0.1) is 0 Å². The van der Waals surface area contributed by atoms with Crippen LogP contribution in [0.25, 0.3) is 11.3 Å². The molecule has 0 aliphatic heterocycles. The summed E-state index contributed by atoms with van der Waals surface area (Å²) in [4.78, 5) is 19.7. The lowest BCUT2D eigenvalue weighted by Crippen LogP contribution is -2.18. The zero-order valence-corrected chi connectivity index (χ0v) is 12.7. The van der Waals surface area contributed by atoms with E-state index in [9.17, 15) is 4.79 Å². The van der Waals surface area contributed by atoms with Crippen molar-refractivity contribution in [1.29, 1.82) is 0 Å². The Hall–Kier alpha value is -3.25. The molecular weight excluding hydrogens is 306 g/mol. The highest BCUT2D eigenvalue weighted by Gasteiger charge is 2.07. The normalized spacial score (nSPS) is 10.2. The van der Waals surface area contributed by atoms with Crippen LogP contribution in [0, 0.1) is 0 Å².